The molecule has 0 heterocycles. The van der Waals surface area contributed by atoms with Crippen LogP contribution in [0, 0.1) is 9.49 Å². The number of unbranched alkanes of at least 4 members (excludes halogenated alkanes) is 1. The van der Waals surface area contributed by atoms with Gasteiger partial charge in [-0.05, 0) is 65.8 Å². The Morgan fingerprint density at radius 1 is 1.24 bits per heavy atom. The van der Waals surface area contributed by atoms with Gasteiger partial charge in [-0.3, -0.25) is 4.79 Å². The molecule has 2 rings (SSSR count). The summed E-state index contributed by atoms with van der Waals surface area (Å²) in [5.74, 6) is 0.451. The second-order valence-corrected chi connectivity index (χ2v) is 8.22. The molecule has 25 heavy (non-hydrogen) atoms. The zero-order chi connectivity index (χ0) is 18.1. The maximum absolute atomic E-state index is 12.5. The number of carbonyl (C=O) groups excluding carboxylic acids is 1. The quantitative estimate of drug-likeness (QED) is 0.334. The van der Waals surface area contributed by atoms with Crippen molar-refractivity contribution < 1.29 is 14.3 Å². The van der Waals surface area contributed by atoms with E-state index in [2.05, 4.69) is 41.6 Å². The van der Waals surface area contributed by atoms with Gasteiger partial charge in [-0.2, -0.15) is 0 Å². The Bertz CT molecular complexity index is 526. The lowest BCUT2D eigenvalue weighted by Gasteiger charge is -2.28. The van der Waals surface area contributed by atoms with E-state index in [4.69, 9.17) is 9.47 Å². The molecule has 0 spiro atoms. The lowest BCUT2D eigenvalue weighted by Crippen LogP contribution is -2.28. The lowest BCUT2D eigenvalue weighted by atomic mass is 9.87. The maximum Gasteiger partial charge on any atom is 0.306 e. The maximum atomic E-state index is 12.5. The molecular formula is C21H31IO3. The van der Waals surface area contributed by atoms with Gasteiger partial charge in [0.1, 0.15) is 12.2 Å². The fourth-order valence-electron chi connectivity index (χ4n) is 3.71. The standard InChI is InChI=1S/C21H31IO3/c1-3-4-14-19(21(24-2)17-12-8-9-13-18(17)22)25-20(23)15-16-10-6-5-7-11-16/h8-9,12-13,16,19,21H,3-7,10-11,14-15H2,1-2H3/t19-,21-/m0/s1. The Labute approximate surface area is 166 Å². The molecular weight excluding hydrogens is 427 g/mol. The summed E-state index contributed by atoms with van der Waals surface area (Å²) in [4.78, 5) is 12.5. The molecule has 1 aromatic rings. The van der Waals surface area contributed by atoms with Gasteiger partial charge < -0.3 is 9.47 Å². The highest BCUT2D eigenvalue weighted by atomic mass is 127. The third-order valence-electron chi connectivity index (χ3n) is 5.11. The highest BCUT2D eigenvalue weighted by Crippen LogP contribution is 2.31. The molecule has 0 aromatic heterocycles. The molecule has 0 saturated heterocycles. The third kappa shape index (κ3) is 6.55. The van der Waals surface area contributed by atoms with Crippen LogP contribution in [-0.4, -0.2) is 19.2 Å². The van der Waals surface area contributed by atoms with Crippen LogP contribution in [0.25, 0.3) is 0 Å². The van der Waals surface area contributed by atoms with Gasteiger partial charge in [0.15, 0.2) is 0 Å². The van der Waals surface area contributed by atoms with E-state index in [0.29, 0.717) is 12.3 Å². The molecule has 140 valence electrons. The van der Waals surface area contributed by atoms with Crippen molar-refractivity contribution in [3.63, 3.8) is 0 Å². The number of methoxy groups -OCH3 is 1. The van der Waals surface area contributed by atoms with Gasteiger partial charge in [-0.25, -0.2) is 0 Å². The largest absolute Gasteiger partial charge is 0.459 e. The summed E-state index contributed by atoms with van der Waals surface area (Å²) in [6.07, 6.45) is 9.25. The van der Waals surface area contributed by atoms with Crippen molar-refractivity contribution in [1.29, 1.82) is 0 Å². The molecule has 0 unspecified atom stereocenters. The number of hydrogen-bond donors (Lipinski definition) is 0. The third-order valence-corrected chi connectivity index (χ3v) is 6.09. The van der Waals surface area contributed by atoms with Gasteiger partial charge in [0.2, 0.25) is 0 Å². The minimum absolute atomic E-state index is 0.0546. The smallest absolute Gasteiger partial charge is 0.306 e. The zero-order valence-corrected chi connectivity index (χ0v) is 17.7. The van der Waals surface area contributed by atoms with Gasteiger partial charge in [0.25, 0.3) is 0 Å². The average Bonchev–Trinajstić information content (AvgIpc) is 2.62. The van der Waals surface area contributed by atoms with E-state index in [1.807, 2.05) is 12.1 Å². The molecule has 0 bridgehead atoms. The highest BCUT2D eigenvalue weighted by molar-refractivity contribution is 14.1. The van der Waals surface area contributed by atoms with E-state index < -0.39 is 0 Å². The first kappa shape index (κ1) is 20.7. The molecule has 0 N–H and O–H groups in total. The predicted molar refractivity (Wildman–Crippen MR) is 110 cm³/mol. The van der Waals surface area contributed by atoms with Gasteiger partial charge in [0.05, 0.1) is 0 Å². The van der Waals surface area contributed by atoms with E-state index in [0.717, 1.165) is 28.4 Å². The van der Waals surface area contributed by atoms with Gasteiger partial charge in [0, 0.05) is 17.1 Å². The van der Waals surface area contributed by atoms with Crippen LogP contribution in [0.5, 0.6) is 0 Å². The Morgan fingerprint density at radius 2 is 1.96 bits per heavy atom. The first-order chi connectivity index (χ1) is 12.2. The lowest BCUT2D eigenvalue weighted by molar-refractivity contribution is -0.159. The van der Waals surface area contributed by atoms with Crippen LogP contribution in [0.15, 0.2) is 24.3 Å². The van der Waals surface area contributed by atoms with Crippen molar-refractivity contribution >= 4 is 28.6 Å². The number of esters is 1. The van der Waals surface area contributed by atoms with E-state index in [1.54, 1.807) is 7.11 Å². The van der Waals surface area contributed by atoms with Crippen LogP contribution in [0.3, 0.4) is 0 Å². The van der Waals surface area contributed by atoms with Crippen LogP contribution in [0.4, 0.5) is 0 Å². The molecule has 1 fully saturated rings. The minimum atomic E-state index is -0.211. The summed E-state index contributed by atoms with van der Waals surface area (Å²) < 4.78 is 12.9. The van der Waals surface area contributed by atoms with Crippen LogP contribution in [-0.2, 0) is 14.3 Å². The van der Waals surface area contributed by atoms with Crippen molar-refractivity contribution in [1.82, 2.24) is 0 Å². The summed E-state index contributed by atoms with van der Waals surface area (Å²) >= 11 is 2.33. The molecule has 0 aliphatic heterocycles. The van der Waals surface area contributed by atoms with Crippen molar-refractivity contribution in [2.24, 2.45) is 5.92 Å². The topological polar surface area (TPSA) is 35.5 Å². The van der Waals surface area contributed by atoms with Gasteiger partial charge >= 0.3 is 5.97 Å². The summed E-state index contributed by atoms with van der Waals surface area (Å²) in [5, 5.41) is 0. The number of hydrogen-bond acceptors (Lipinski definition) is 3. The van der Waals surface area contributed by atoms with E-state index >= 15 is 0 Å². The van der Waals surface area contributed by atoms with Crippen LogP contribution in [0.2, 0.25) is 0 Å². The van der Waals surface area contributed by atoms with Crippen molar-refractivity contribution in [3.8, 4) is 0 Å². The molecule has 3 nitrogen and oxygen atoms in total. The molecule has 0 amide bonds. The number of ether oxygens (including phenoxy) is 2. The number of benzene rings is 1. The predicted octanol–water partition coefficient (Wildman–Crippen LogP) is 6.05. The number of carbonyl (C=O) groups is 1. The van der Waals surface area contributed by atoms with E-state index in [-0.39, 0.29) is 18.2 Å². The molecule has 1 aromatic carbocycles. The van der Waals surface area contributed by atoms with Crippen molar-refractivity contribution in [3.05, 3.63) is 33.4 Å². The summed E-state index contributed by atoms with van der Waals surface area (Å²) in [5.41, 5.74) is 1.11. The Kier molecular flexibility index (Phi) is 9.24. The second kappa shape index (κ2) is 11.2. The van der Waals surface area contributed by atoms with Gasteiger partial charge in [-0.1, -0.05) is 50.8 Å². The van der Waals surface area contributed by atoms with Crippen molar-refractivity contribution in [2.75, 3.05) is 7.11 Å². The number of halogens is 1. The zero-order valence-electron chi connectivity index (χ0n) is 15.5. The Balaban J connectivity index is 2.05. The minimum Gasteiger partial charge on any atom is -0.459 e. The first-order valence-electron chi connectivity index (χ1n) is 9.62. The highest BCUT2D eigenvalue weighted by Gasteiger charge is 2.29. The number of rotatable bonds is 9. The molecule has 1 aliphatic carbocycles. The van der Waals surface area contributed by atoms with Crippen molar-refractivity contribution in [2.45, 2.75) is 76.9 Å². The summed E-state index contributed by atoms with van der Waals surface area (Å²) in [6, 6.07) is 8.19. The summed E-state index contributed by atoms with van der Waals surface area (Å²) in [6.45, 7) is 2.16. The first-order valence-corrected chi connectivity index (χ1v) is 10.7. The van der Waals surface area contributed by atoms with Crippen LogP contribution >= 0.6 is 22.6 Å². The SMILES string of the molecule is CCCC[C@H](OC(=O)CC1CCCCC1)[C@@H](OC)c1ccccc1I. The van der Waals surface area contributed by atoms with Gasteiger partial charge in [-0.15, -0.1) is 0 Å². The monoisotopic (exact) mass is 458 g/mol. The average molecular weight is 458 g/mol. The molecule has 2 atom stereocenters. The van der Waals surface area contributed by atoms with Crippen LogP contribution in [0.1, 0.15) is 76.4 Å². The Morgan fingerprint density at radius 3 is 2.60 bits per heavy atom. The molecule has 0 radical (unpaired) electrons. The fraction of sp³-hybridized carbons (Fsp3) is 0.667. The van der Waals surface area contributed by atoms with E-state index in [9.17, 15) is 4.79 Å². The molecule has 1 saturated carbocycles. The fourth-order valence-corrected chi connectivity index (χ4v) is 4.40. The second-order valence-electron chi connectivity index (χ2n) is 7.06. The normalized spacial score (nSPS) is 17.9. The molecule has 4 heteroatoms. The Hall–Kier alpha value is -0.620. The summed E-state index contributed by atoms with van der Waals surface area (Å²) in [7, 11) is 1.71. The van der Waals surface area contributed by atoms with Crippen LogP contribution < -0.4 is 0 Å². The van der Waals surface area contributed by atoms with E-state index in [1.165, 1.54) is 32.1 Å². The molecule has 1 aliphatic rings.